The number of hydrogen-bond acceptors (Lipinski definition) is 5. The van der Waals surface area contributed by atoms with E-state index in [1.54, 1.807) is 0 Å². The van der Waals surface area contributed by atoms with Gasteiger partial charge in [0.15, 0.2) is 0 Å². The predicted molar refractivity (Wildman–Crippen MR) is 166 cm³/mol. The summed E-state index contributed by atoms with van der Waals surface area (Å²) in [5.74, 6) is 1.54. The largest absolute Gasteiger partial charge is 0.390 e. The van der Waals surface area contributed by atoms with E-state index in [4.69, 9.17) is 4.98 Å². The third-order valence-electron chi connectivity index (χ3n) is 8.57. The molecule has 3 heterocycles. The van der Waals surface area contributed by atoms with Crippen molar-refractivity contribution in [2.45, 2.75) is 78.0 Å². The fourth-order valence-electron chi connectivity index (χ4n) is 5.94. The van der Waals surface area contributed by atoms with E-state index in [0.29, 0.717) is 19.1 Å². The van der Waals surface area contributed by atoms with Gasteiger partial charge in [0.25, 0.3) is 0 Å². The minimum atomic E-state index is -0.465. The molecule has 0 saturated carbocycles. The molecule has 40 heavy (non-hydrogen) atoms. The number of aliphatic hydroxyl groups excluding tert-OH is 1. The molecule has 5 rings (SSSR count). The zero-order chi connectivity index (χ0) is 27.9. The number of β-amino-alcohol motifs (C(OH)–C–C–N with tert-alkyl or cyclic N) is 1. The standard InChI is InChI=1S/C34H45N5O/c1-4-8-30(13-11-25(3)5-2)39-24-37-32-14-12-27(19-33(32)39)28-15-17-35-34(20-28)36-21-31(40)23-38-18-16-26-9-6-7-10-29(26)22-38/h6-7,9-10,12,14-15,17,19-20,24-25,30-31,40H,4-5,8,11,13,16,18,21-23H2,1-3H3,(H,35,36). The second-order valence-electron chi connectivity index (χ2n) is 11.6. The van der Waals surface area contributed by atoms with E-state index in [1.807, 2.05) is 12.5 Å². The van der Waals surface area contributed by atoms with E-state index < -0.39 is 6.10 Å². The van der Waals surface area contributed by atoms with E-state index in [2.05, 4.69) is 95.1 Å². The molecule has 1 aliphatic heterocycles. The molecule has 2 aromatic carbocycles. The van der Waals surface area contributed by atoms with E-state index in [0.717, 1.165) is 47.9 Å². The zero-order valence-electron chi connectivity index (χ0n) is 24.4. The predicted octanol–water partition coefficient (Wildman–Crippen LogP) is 7.10. The van der Waals surface area contributed by atoms with Crippen LogP contribution in [-0.2, 0) is 13.0 Å². The summed E-state index contributed by atoms with van der Waals surface area (Å²) in [5, 5.41) is 14.1. The van der Waals surface area contributed by atoms with Gasteiger partial charge in [0.05, 0.1) is 23.5 Å². The van der Waals surface area contributed by atoms with Crippen molar-refractivity contribution in [2.75, 3.05) is 25.0 Å². The minimum Gasteiger partial charge on any atom is -0.390 e. The van der Waals surface area contributed by atoms with Gasteiger partial charge in [-0.05, 0) is 78.1 Å². The number of anilines is 1. The molecule has 1 aliphatic rings. The maximum Gasteiger partial charge on any atom is 0.126 e. The highest BCUT2D eigenvalue weighted by Gasteiger charge is 2.19. The van der Waals surface area contributed by atoms with Crippen molar-refractivity contribution in [1.82, 2.24) is 19.4 Å². The van der Waals surface area contributed by atoms with Crippen molar-refractivity contribution in [3.8, 4) is 11.1 Å². The van der Waals surface area contributed by atoms with Gasteiger partial charge < -0.3 is 15.0 Å². The van der Waals surface area contributed by atoms with E-state index in [9.17, 15) is 5.11 Å². The Bertz CT molecular complexity index is 1380. The fraction of sp³-hybridized carbons (Fsp3) is 0.471. The lowest BCUT2D eigenvalue weighted by atomic mass is 9.97. The van der Waals surface area contributed by atoms with E-state index in [-0.39, 0.29) is 0 Å². The van der Waals surface area contributed by atoms with Crippen LogP contribution in [0.5, 0.6) is 0 Å². The Labute approximate surface area is 239 Å². The number of imidazole rings is 1. The molecule has 3 unspecified atom stereocenters. The number of hydrogen-bond donors (Lipinski definition) is 2. The lowest BCUT2D eigenvalue weighted by Gasteiger charge is -2.30. The van der Waals surface area contributed by atoms with Crippen LogP contribution in [0.25, 0.3) is 22.2 Å². The van der Waals surface area contributed by atoms with Gasteiger partial charge in [0, 0.05) is 38.4 Å². The van der Waals surface area contributed by atoms with Crippen molar-refractivity contribution < 1.29 is 5.11 Å². The molecule has 0 radical (unpaired) electrons. The summed E-state index contributed by atoms with van der Waals surface area (Å²) in [4.78, 5) is 11.6. The molecule has 4 aromatic rings. The van der Waals surface area contributed by atoms with Crippen LogP contribution in [0.4, 0.5) is 5.82 Å². The van der Waals surface area contributed by atoms with Crippen LogP contribution in [0.1, 0.15) is 70.0 Å². The SMILES string of the molecule is CCCC(CCC(C)CC)n1cnc2ccc(-c3ccnc(NCC(O)CN4CCc5ccccc5C4)c3)cc21. The maximum atomic E-state index is 10.8. The quantitative estimate of drug-likeness (QED) is 0.190. The Kier molecular flexibility index (Phi) is 9.50. The lowest BCUT2D eigenvalue weighted by molar-refractivity contribution is 0.114. The normalized spacial score (nSPS) is 16.0. The first kappa shape index (κ1) is 28.3. The van der Waals surface area contributed by atoms with Crippen LogP contribution in [0.3, 0.4) is 0 Å². The van der Waals surface area contributed by atoms with Crippen LogP contribution in [0, 0.1) is 5.92 Å². The lowest BCUT2D eigenvalue weighted by Crippen LogP contribution is -2.39. The van der Waals surface area contributed by atoms with Gasteiger partial charge in [-0.1, -0.05) is 63.9 Å². The first-order valence-electron chi connectivity index (χ1n) is 15.2. The molecule has 2 aromatic heterocycles. The highest BCUT2D eigenvalue weighted by Crippen LogP contribution is 2.30. The van der Waals surface area contributed by atoms with Gasteiger partial charge in [-0.3, -0.25) is 4.90 Å². The first-order valence-corrected chi connectivity index (χ1v) is 15.2. The zero-order valence-corrected chi connectivity index (χ0v) is 24.4. The second-order valence-corrected chi connectivity index (χ2v) is 11.6. The summed E-state index contributed by atoms with van der Waals surface area (Å²) in [6, 6.07) is 19.8. The number of benzene rings is 2. The van der Waals surface area contributed by atoms with Gasteiger partial charge in [-0.15, -0.1) is 0 Å². The summed E-state index contributed by atoms with van der Waals surface area (Å²) >= 11 is 0. The van der Waals surface area contributed by atoms with Crippen molar-refractivity contribution >= 4 is 16.9 Å². The maximum absolute atomic E-state index is 10.8. The monoisotopic (exact) mass is 539 g/mol. The molecular weight excluding hydrogens is 494 g/mol. The van der Waals surface area contributed by atoms with Crippen molar-refractivity contribution in [1.29, 1.82) is 0 Å². The van der Waals surface area contributed by atoms with Crippen LogP contribution in [0.15, 0.2) is 67.1 Å². The molecule has 2 N–H and O–H groups in total. The molecule has 6 heteroatoms. The van der Waals surface area contributed by atoms with Crippen molar-refractivity contribution in [3.05, 3.63) is 78.2 Å². The molecule has 0 aliphatic carbocycles. The topological polar surface area (TPSA) is 66.2 Å². The third-order valence-corrected chi connectivity index (χ3v) is 8.57. The van der Waals surface area contributed by atoms with Crippen LogP contribution in [0.2, 0.25) is 0 Å². The number of nitrogens with zero attached hydrogens (tertiary/aromatic N) is 4. The Morgan fingerprint density at radius 3 is 2.60 bits per heavy atom. The van der Waals surface area contributed by atoms with Crippen LogP contribution in [-0.4, -0.2) is 50.3 Å². The Hall–Kier alpha value is -3.22. The number of aliphatic hydroxyl groups is 1. The average molecular weight is 540 g/mol. The minimum absolute atomic E-state index is 0.465. The van der Waals surface area contributed by atoms with Gasteiger partial charge in [0.1, 0.15) is 5.82 Å². The molecular formula is C34H45N5O. The number of rotatable bonds is 13. The Balaban J connectivity index is 1.24. The number of pyridine rings is 1. The fourth-order valence-corrected chi connectivity index (χ4v) is 5.94. The Morgan fingerprint density at radius 1 is 0.950 bits per heavy atom. The summed E-state index contributed by atoms with van der Waals surface area (Å²) in [6.07, 6.45) is 10.5. The summed E-state index contributed by atoms with van der Waals surface area (Å²) < 4.78 is 2.40. The molecule has 0 fully saturated rings. The molecule has 212 valence electrons. The Morgan fingerprint density at radius 2 is 1.77 bits per heavy atom. The number of fused-ring (bicyclic) bond motifs is 2. The van der Waals surface area contributed by atoms with Gasteiger partial charge in [0.2, 0.25) is 0 Å². The molecule has 0 spiro atoms. The highest BCUT2D eigenvalue weighted by molar-refractivity contribution is 5.82. The van der Waals surface area contributed by atoms with Gasteiger partial charge in [-0.25, -0.2) is 9.97 Å². The highest BCUT2D eigenvalue weighted by atomic mass is 16.3. The first-order chi connectivity index (χ1) is 19.5. The molecule has 0 bridgehead atoms. The van der Waals surface area contributed by atoms with Crippen molar-refractivity contribution in [3.63, 3.8) is 0 Å². The number of aromatic nitrogens is 3. The summed E-state index contributed by atoms with van der Waals surface area (Å²) in [5.41, 5.74) is 7.32. The average Bonchev–Trinajstić information content (AvgIpc) is 3.41. The van der Waals surface area contributed by atoms with Crippen LogP contribution >= 0.6 is 0 Å². The smallest absolute Gasteiger partial charge is 0.126 e. The molecule has 0 saturated heterocycles. The van der Waals surface area contributed by atoms with E-state index >= 15 is 0 Å². The van der Waals surface area contributed by atoms with Crippen molar-refractivity contribution in [2.24, 2.45) is 5.92 Å². The molecule has 6 nitrogen and oxygen atoms in total. The second kappa shape index (κ2) is 13.4. The van der Waals surface area contributed by atoms with E-state index in [1.165, 1.54) is 48.7 Å². The van der Waals surface area contributed by atoms with Crippen LogP contribution < -0.4 is 5.32 Å². The summed E-state index contributed by atoms with van der Waals surface area (Å²) in [7, 11) is 0. The van der Waals surface area contributed by atoms with Gasteiger partial charge >= 0.3 is 0 Å². The van der Waals surface area contributed by atoms with Gasteiger partial charge in [-0.2, -0.15) is 0 Å². The summed E-state index contributed by atoms with van der Waals surface area (Å²) in [6.45, 7) is 9.91. The number of nitrogens with one attached hydrogen (secondary N) is 1. The molecule has 3 atom stereocenters. The third kappa shape index (κ3) is 6.91. The molecule has 0 amide bonds.